The predicted molar refractivity (Wildman–Crippen MR) is 325 cm³/mol. The number of hydrogen-bond donors (Lipinski definition) is 0. The minimum Gasteiger partial charge on any atom is -0.376 e. The number of ether oxygens (including phenoxy) is 4. The van der Waals surface area contributed by atoms with Gasteiger partial charge in [-0.25, -0.2) is 0 Å². The first-order valence-corrected chi connectivity index (χ1v) is 30.5. The van der Waals surface area contributed by atoms with Crippen molar-refractivity contribution in [2.75, 3.05) is 80.8 Å². The van der Waals surface area contributed by atoms with Crippen LogP contribution in [0.1, 0.15) is 168 Å². The molecule has 2 aromatic heterocycles. The number of rotatable bonds is 18. The van der Waals surface area contributed by atoms with Gasteiger partial charge in [-0.1, -0.05) is 132 Å². The van der Waals surface area contributed by atoms with Gasteiger partial charge in [0, 0.05) is 62.7 Å². The highest BCUT2D eigenvalue weighted by Crippen LogP contribution is 2.23. The lowest BCUT2D eigenvalue weighted by Crippen LogP contribution is -2.47. The first-order valence-electron chi connectivity index (χ1n) is 30.5. The van der Waals surface area contributed by atoms with Gasteiger partial charge in [-0.3, -0.25) is 29.0 Å². The smallest absolute Gasteiger partial charge is 0.0743 e. The second kappa shape index (κ2) is 32.8. The molecule has 0 bridgehead atoms. The summed E-state index contributed by atoms with van der Waals surface area (Å²) in [5.74, 6) is 2.92. The van der Waals surface area contributed by atoms with E-state index >= 15 is 0 Å². The van der Waals surface area contributed by atoms with Crippen LogP contribution < -0.4 is 0 Å². The van der Waals surface area contributed by atoms with Gasteiger partial charge in [0.05, 0.1) is 75.3 Å². The quantitative estimate of drug-likeness (QED) is 0.0960. The van der Waals surface area contributed by atoms with Gasteiger partial charge in [0.25, 0.3) is 0 Å². The molecular weight excluding hydrogens is 969 g/mol. The van der Waals surface area contributed by atoms with Crippen molar-refractivity contribution in [2.45, 2.75) is 209 Å². The highest BCUT2D eigenvalue weighted by atomic mass is 16.5. The van der Waals surface area contributed by atoms with Crippen LogP contribution >= 0.6 is 0 Å². The maximum absolute atomic E-state index is 7.21. The van der Waals surface area contributed by atoms with Crippen molar-refractivity contribution in [3.63, 3.8) is 0 Å². The molecule has 1 saturated heterocycles. The van der Waals surface area contributed by atoms with Crippen molar-refractivity contribution in [1.29, 1.82) is 0 Å². The number of hydrogen-bond acceptors (Lipinski definition) is 10. The zero-order valence-electron chi connectivity index (χ0n) is 52.5. The molecule has 0 amide bonds. The highest BCUT2D eigenvalue weighted by molar-refractivity contribution is 5.25. The topological polar surface area (TPSA) is 85.5 Å². The van der Waals surface area contributed by atoms with Gasteiger partial charge < -0.3 is 18.9 Å². The Morgan fingerprint density at radius 3 is 0.962 bits per heavy atom. The molecule has 4 aromatic rings. The van der Waals surface area contributed by atoms with Crippen molar-refractivity contribution in [3.8, 4) is 0 Å². The van der Waals surface area contributed by atoms with Crippen LogP contribution in [0.3, 0.4) is 0 Å². The average Bonchev–Trinajstić information content (AvgIpc) is 4.05. The molecule has 1 fully saturated rings. The van der Waals surface area contributed by atoms with Gasteiger partial charge in [0.15, 0.2) is 0 Å². The van der Waals surface area contributed by atoms with Gasteiger partial charge in [-0.15, -0.1) is 0 Å². The third-order valence-electron chi connectivity index (χ3n) is 15.9. The molecule has 1 aliphatic rings. The molecule has 0 saturated carbocycles. The summed E-state index contributed by atoms with van der Waals surface area (Å²) in [7, 11) is 9.13. The molecule has 0 spiro atoms. The van der Waals surface area contributed by atoms with Crippen LogP contribution in [0.15, 0.2) is 73.1 Å². The van der Waals surface area contributed by atoms with E-state index in [1.54, 1.807) is 0 Å². The van der Waals surface area contributed by atoms with Crippen LogP contribution in [0, 0.1) is 23.7 Å². The molecule has 5 rings (SSSR count). The maximum Gasteiger partial charge on any atom is 0.0743 e. The van der Waals surface area contributed by atoms with E-state index in [2.05, 4.69) is 227 Å². The summed E-state index contributed by atoms with van der Waals surface area (Å²) < 4.78 is 32.4. The fourth-order valence-electron chi connectivity index (χ4n) is 11.2. The minimum absolute atomic E-state index is 0.000678. The van der Waals surface area contributed by atoms with Crippen LogP contribution in [0.2, 0.25) is 0 Å². The lowest BCUT2D eigenvalue weighted by atomic mass is 10.0. The summed E-state index contributed by atoms with van der Waals surface area (Å²) in [5, 5.41) is 9.65. The van der Waals surface area contributed by atoms with E-state index in [1.807, 2.05) is 0 Å². The molecule has 1 aliphatic heterocycles. The van der Waals surface area contributed by atoms with E-state index in [-0.39, 0.29) is 48.6 Å². The van der Waals surface area contributed by atoms with E-state index in [9.17, 15) is 0 Å². The second-order valence-electron chi connectivity index (χ2n) is 26.3. The lowest BCUT2D eigenvalue weighted by Gasteiger charge is -2.37. The Kier molecular flexibility index (Phi) is 27.5. The Morgan fingerprint density at radius 2 is 0.679 bits per heavy atom. The second-order valence-corrected chi connectivity index (χ2v) is 26.3. The molecule has 0 N–H and O–H groups in total. The molecular formula is C66H112N8O4. The fourth-order valence-corrected chi connectivity index (χ4v) is 11.2. The zero-order chi connectivity index (χ0) is 57.1. The third-order valence-corrected chi connectivity index (χ3v) is 15.9. The van der Waals surface area contributed by atoms with Gasteiger partial charge in [0.2, 0.25) is 0 Å². The van der Waals surface area contributed by atoms with Gasteiger partial charge in [-0.05, 0) is 150 Å². The first-order chi connectivity index (χ1) is 37.0. The van der Waals surface area contributed by atoms with Crippen LogP contribution in [0.25, 0.3) is 0 Å². The monoisotopic (exact) mass is 1080 g/mol. The van der Waals surface area contributed by atoms with Crippen LogP contribution in [0.5, 0.6) is 0 Å². The average molecular weight is 1080 g/mol. The van der Waals surface area contributed by atoms with Crippen molar-refractivity contribution < 1.29 is 18.9 Å². The summed E-state index contributed by atoms with van der Waals surface area (Å²) in [5.41, 5.74) is 7.35. The number of likely N-dealkylation sites (N-methyl/N-ethyl adjacent to an activating group) is 4. The Labute approximate surface area is 476 Å². The summed E-state index contributed by atoms with van der Waals surface area (Å²) in [4.78, 5) is 10.1. The molecule has 2 aromatic carbocycles. The lowest BCUT2D eigenvalue weighted by molar-refractivity contribution is -0.0536. The van der Waals surface area contributed by atoms with Gasteiger partial charge >= 0.3 is 0 Å². The van der Waals surface area contributed by atoms with E-state index < -0.39 is 0 Å². The SMILES string of the molecule is CC(C)C[C@H]1CO[C@H](C)CN(C)[C@@H](CC(C)C)CO[C@H](Cc2ccc(Cn3ccc(C(C)C)n3)cc2)CN(C)[C@@H](CC(C)C)CO[C@H](C)CN(C)[C@@H](CC(C)C)CO[C@H](Cc2ccc(Cn3ccc(C(C)C)n3)cc2)CN1C. The summed E-state index contributed by atoms with van der Waals surface area (Å²) in [6, 6.07) is 23.5. The van der Waals surface area contributed by atoms with E-state index in [0.717, 1.165) is 89.2 Å². The van der Waals surface area contributed by atoms with Gasteiger partial charge in [0.1, 0.15) is 0 Å². The summed E-state index contributed by atoms with van der Waals surface area (Å²) >= 11 is 0. The van der Waals surface area contributed by atoms with Crippen molar-refractivity contribution >= 4 is 0 Å². The van der Waals surface area contributed by atoms with E-state index in [1.165, 1.54) is 22.3 Å². The first kappa shape index (κ1) is 65.4. The summed E-state index contributed by atoms with van der Waals surface area (Å²) in [6.45, 7) is 39.5. The largest absolute Gasteiger partial charge is 0.376 e. The molecule has 8 atom stereocenters. The molecule has 0 unspecified atom stereocenters. The van der Waals surface area contributed by atoms with E-state index in [4.69, 9.17) is 29.1 Å². The molecule has 78 heavy (non-hydrogen) atoms. The predicted octanol–water partition coefficient (Wildman–Crippen LogP) is 12.2. The Balaban J connectivity index is 1.40. The molecule has 0 radical (unpaired) electrons. The number of aromatic nitrogens is 4. The zero-order valence-corrected chi connectivity index (χ0v) is 52.5. The van der Waals surface area contributed by atoms with Crippen LogP contribution in [-0.2, 0) is 44.9 Å². The Morgan fingerprint density at radius 1 is 0.397 bits per heavy atom. The Hall–Kier alpha value is -3.46. The Bertz CT molecular complexity index is 2050. The van der Waals surface area contributed by atoms with Crippen molar-refractivity contribution in [3.05, 3.63) is 107 Å². The molecule has 3 heterocycles. The fraction of sp³-hybridized carbons (Fsp3) is 0.727. The standard InChI is InChI=1S/C66H112N8O4/c1-47(2)31-59-43-75-53(13)37-69(15)62(34-50(7)8)46-78-64(36-56-21-25-58(26-22-56)40-74-30-28-66(68-74)52(11)12)42-72(18)60(32-48(3)4)44-76-54(14)38-70(16)61(33-49(5)6)45-77-63(41-71(59)17)35-55-19-23-57(24-20-55)39-73-29-27-65(67-73)51(9)10/h19-30,47-54,59-64H,31-46H2,1-18H3/t53-,54-,59+,60+,61+,62+,63-,64-/m1/s1. The third kappa shape index (κ3) is 23.2. The summed E-state index contributed by atoms with van der Waals surface area (Å²) in [6.07, 6.45) is 10.2. The van der Waals surface area contributed by atoms with Crippen molar-refractivity contribution in [1.82, 2.24) is 39.2 Å². The number of benzene rings is 2. The number of nitrogens with zero attached hydrogens (tertiary/aromatic N) is 8. The minimum atomic E-state index is -0.000678. The highest BCUT2D eigenvalue weighted by Gasteiger charge is 2.29. The van der Waals surface area contributed by atoms with Gasteiger partial charge in [-0.2, -0.15) is 10.2 Å². The maximum atomic E-state index is 7.21. The van der Waals surface area contributed by atoms with Crippen molar-refractivity contribution in [2.24, 2.45) is 23.7 Å². The van der Waals surface area contributed by atoms with Crippen LogP contribution in [-0.4, -0.2) is 169 Å². The molecule has 440 valence electrons. The van der Waals surface area contributed by atoms with Crippen LogP contribution in [0.4, 0.5) is 0 Å². The normalized spacial score (nSPS) is 24.8. The molecule has 0 aliphatic carbocycles. The molecule has 12 nitrogen and oxygen atoms in total. The molecule has 12 heteroatoms. The van der Waals surface area contributed by atoms with E-state index in [0.29, 0.717) is 61.9 Å².